The van der Waals surface area contributed by atoms with Crippen molar-refractivity contribution in [3.05, 3.63) is 77.0 Å². The predicted molar refractivity (Wildman–Crippen MR) is 120 cm³/mol. The lowest BCUT2D eigenvalue weighted by molar-refractivity contribution is 0.483. The number of H-pyrrole nitrogens is 1. The number of hydrogen-bond acceptors (Lipinski definition) is 6. The largest absolute Gasteiger partial charge is 0.457 e. The van der Waals surface area contributed by atoms with E-state index < -0.39 is 0 Å². The molecule has 5 rings (SSSR count). The Balaban J connectivity index is 1.27. The van der Waals surface area contributed by atoms with Crippen molar-refractivity contribution in [3.8, 4) is 11.5 Å². The molecule has 0 radical (unpaired) electrons. The van der Waals surface area contributed by atoms with Crippen molar-refractivity contribution in [1.82, 2.24) is 20.2 Å². The Labute approximate surface area is 182 Å². The molecule has 4 aromatic rings. The Kier molecular flexibility index (Phi) is 5.06. The highest BCUT2D eigenvalue weighted by Gasteiger charge is 2.25. The van der Waals surface area contributed by atoms with E-state index in [0.717, 1.165) is 27.5 Å². The normalized spacial score (nSPS) is 13.1. The lowest BCUT2D eigenvalue weighted by Crippen LogP contribution is -2.01. The Morgan fingerprint density at radius 1 is 0.967 bits per heavy atom. The zero-order chi connectivity index (χ0) is 20.3. The van der Waals surface area contributed by atoms with Crippen LogP contribution in [0, 0.1) is 0 Å². The maximum Gasteiger partial charge on any atom is 0.229 e. The fraction of sp³-hybridized carbons (Fsp3) is 0.136. The fourth-order valence-corrected chi connectivity index (χ4v) is 3.29. The number of nitrogens with one attached hydrogen (secondary N) is 3. The van der Waals surface area contributed by atoms with E-state index in [-0.39, 0.29) is 0 Å². The second kappa shape index (κ2) is 8.16. The van der Waals surface area contributed by atoms with E-state index in [1.165, 1.54) is 18.5 Å². The molecule has 0 spiro atoms. The molecular weight excluding hydrogens is 444 g/mol. The van der Waals surface area contributed by atoms with Crippen molar-refractivity contribution in [3.63, 3.8) is 0 Å². The molecule has 2 aromatic carbocycles. The van der Waals surface area contributed by atoms with E-state index in [4.69, 9.17) is 4.74 Å². The number of nitrogens with zero attached hydrogens (tertiary/aromatic N) is 3. The van der Waals surface area contributed by atoms with Crippen LogP contribution in [0.2, 0.25) is 0 Å². The summed E-state index contributed by atoms with van der Waals surface area (Å²) in [6.45, 7) is 0. The molecule has 30 heavy (non-hydrogen) atoms. The van der Waals surface area contributed by atoms with E-state index in [2.05, 4.69) is 46.7 Å². The third kappa shape index (κ3) is 4.44. The van der Waals surface area contributed by atoms with Crippen molar-refractivity contribution >= 4 is 39.2 Å². The summed E-state index contributed by atoms with van der Waals surface area (Å²) in [4.78, 5) is 8.90. The second-order valence-corrected chi connectivity index (χ2v) is 7.92. The molecule has 0 unspecified atom stereocenters. The fourth-order valence-electron chi connectivity index (χ4n) is 3.00. The average Bonchev–Trinajstić information content (AvgIpc) is 3.52. The van der Waals surface area contributed by atoms with Crippen LogP contribution in [0.4, 0.5) is 23.3 Å². The van der Waals surface area contributed by atoms with Crippen molar-refractivity contribution in [2.45, 2.75) is 18.8 Å². The first kappa shape index (κ1) is 18.6. The summed E-state index contributed by atoms with van der Waals surface area (Å²) < 4.78 is 6.58. The summed E-state index contributed by atoms with van der Waals surface area (Å²) in [6, 6.07) is 19.4. The number of hydrogen-bond donors (Lipinski definition) is 3. The minimum absolute atomic E-state index is 0.482. The van der Waals surface area contributed by atoms with Gasteiger partial charge in [-0.3, -0.25) is 5.10 Å². The number of para-hydroxylation sites is 1. The third-order valence-corrected chi connectivity index (χ3v) is 5.28. The highest BCUT2D eigenvalue weighted by Crippen LogP contribution is 2.39. The predicted octanol–water partition coefficient (Wildman–Crippen LogP) is 6.12. The van der Waals surface area contributed by atoms with Gasteiger partial charge < -0.3 is 15.4 Å². The van der Waals surface area contributed by atoms with Crippen LogP contribution in [-0.4, -0.2) is 20.2 Å². The first-order valence-electron chi connectivity index (χ1n) is 9.68. The molecule has 0 aliphatic heterocycles. The summed E-state index contributed by atoms with van der Waals surface area (Å²) in [5.74, 6) is 4.04. The molecule has 0 saturated heterocycles. The van der Waals surface area contributed by atoms with Crippen LogP contribution in [0.5, 0.6) is 11.5 Å². The minimum atomic E-state index is 0.482. The Bertz CT molecular complexity index is 1140. The zero-order valence-electron chi connectivity index (χ0n) is 16.0. The zero-order valence-corrected chi connectivity index (χ0v) is 17.6. The van der Waals surface area contributed by atoms with Gasteiger partial charge in [-0.1, -0.05) is 18.2 Å². The molecule has 1 aliphatic carbocycles. The summed E-state index contributed by atoms with van der Waals surface area (Å²) in [6.07, 6.45) is 4.16. The van der Waals surface area contributed by atoms with Gasteiger partial charge in [-0.05, 0) is 65.2 Å². The van der Waals surface area contributed by atoms with Crippen LogP contribution in [0.15, 0.2) is 71.3 Å². The third-order valence-electron chi connectivity index (χ3n) is 4.69. The van der Waals surface area contributed by atoms with Gasteiger partial charge in [0.25, 0.3) is 0 Å². The lowest BCUT2D eigenvalue weighted by atomic mass is 10.3. The number of halogens is 1. The SMILES string of the molecule is Brc1cnc(Nc2ccc(Oc3ccccc3)cc2)nc1Nc1cc(C2CC2)[nH]n1. The maximum atomic E-state index is 5.82. The first-order valence-corrected chi connectivity index (χ1v) is 10.5. The molecular formula is C22H19BrN6O. The topological polar surface area (TPSA) is 87.8 Å². The summed E-state index contributed by atoms with van der Waals surface area (Å²) in [7, 11) is 0. The van der Waals surface area contributed by atoms with Crippen molar-refractivity contribution in [1.29, 1.82) is 0 Å². The van der Waals surface area contributed by atoms with E-state index >= 15 is 0 Å². The summed E-state index contributed by atoms with van der Waals surface area (Å²) >= 11 is 3.49. The highest BCUT2D eigenvalue weighted by molar-refractivity contribution is 9.10. The van der Waals surface area contributed by atoms with Crippen LogP contribution in [0.25, 0.3) is 0 Å². The van der Waals surface area contributed by atoms with Gasteiger partial charge in [0.2, 0.25) is 5.95 Å². The molecule has 0 atom stereocenters. The smallest absolute Gasteiger partial charge is 0.229 e. The van der Waals surface area contributed by atoms with E-state index in [9.17, 15) is 0 Å². The molecule has 150 valence electrons. The molecule has 8 heteroatoms. The van der Waals surface area contributed by atoms with Crippen molar-refractivity contribution < 1.29 is 4.74 Å². The number of rotatable bonds is 7. The van der Waals surface area contributed by atoms with Gasteiger partial charge in [0.05, 0.1) is 4.47 Å². The molecule has 1 aliphatic rings. The Morgan fingerprint density at radius 2 is 1.73 bits per heavy atom. The van der Waals surface area contributed by atoms with Gasteiger partial charge in [-0.15, -0.1) is 0 Å². The second-order valence-electron chi connectivity index (χ2n) is 7.06. The van der Waals surface area contributed by atoms with Gasteiger partial charge >= 0.3 is 0 Å². The van der Waals surface area contributed by atoms with Gasteiger partial charge in [0, 0.05) is 29.6 Å². The molecule has 2 heterocycles. The average molecular weight is 463 g/mol. The summed E-state index contributed by atoms with van der Waals surface area (Å²) in [5, 5.41) is 13.9. The quantitative estimate of drug-likeness (QED) is 0.306. The standard InChI is InChI=1S/C22H19BrN6O/c23-18-13-24-22(27-21(18)26-20-12-19(28-29-20)14-6-7-14)25-15-8-10-17(11-9-15)30-16-4-2-1-3-5-16/h1-5,8-14H,6-7H2,(H3,24,25,26,27,28,29). The minimum Gasteiger partial charge on any atom is -0.457 e. The van der Waals surface area contributed by atoms with Crippen LogP contribution in [0.1, 0.15) is 24.5 Å². The highest BCUT2D eigenvalue weighted by atomic mass is 79.9. The van der Waals surface area contributed by atoms with Crippen LogP contribution in [-0.2, 0) is 0 Å². The molecule has 1 saturated carbocycles. The van der Waals surface area contributed by atoms with Crippen LogP contribution >= 0.6 is 15.9 Å². The molecule has 3 N–H and O–H groups in total. The van der Waals surface area contributed by atoms with Crippen molar-refractivity contribution in [2.24, 2.45) is 0 Å². The number of aromatic nitrogens is 4. The van der Waals surface area contributed by atoms with Gasteiger partial charge in [-0.2, -0.15) is 10.1 Å². The van der Waals surface area contributed by atoms with Crippen molar-refractivity contribution in [2.75, 3.05) is 10.6 Å². The maximum absolute atomic E-state index is 5.82. The van der Waals surface area contributed by atoms with Gasteiger partial charge in [0.1, 0.15) is 11.5 Å². The Hall–Kier alpha value is -3.39. The first-order chi connectivity index (χ1) is 14.7. The number of ether oxygens (including phenoxy) is 1. The van der Waals surface area contributed by atoms with Crippen LogP contribution < -0.4 is 15.4 Å². The van der Waals surface area contributed by atoms with Gasteiger partial charge in [-0.25, -0.2) is 4.98 Å². The lowest BCUT2D eigenvalue weighted by Gasteiger charge is -2.10. The van der Waals surface area contributed by atoms with E-state index in [1.54, 1.807) is 6.20 Å². The molecule has 2 aromatic heterocycles. The monoisotopic (exact) mass is 462 g/mol. The number of anilines is 4. The summed E-state index contributed by atoms with van der Waals surface area (Å²) in [5.41, 5.74) is 2.03. The van der Waals surface area contributed by atoms with E-state index in [0.29, 0.717) is 17.7 Å². The van der Waals surface area contributed by atoms with Crippen LogP contribution in [0.3, 0.4) is 0 Å². The number of benzene rings is 2. The molecule has 0 amide bonds. The molecule has 7 nitrogen and oxygen atoms in total. The Morgan fingerprint density at radius 3 is 2.50 bits per heavy atom. The van der Waals surface area contributed by atoms with Gasteiger partial charge in [0.15, 0.2) is 11.6 Å². The molecule has 0 bridgehead atoms. The number of aromatic amines is 1. The molecule has 1 fully saturated rings. The van der Waals surface area contributed by atoms with E-state index in [1.807, 2.05) is 60.7 Å².